The van der Waals surface area contributed by atoms with Crippen LogP contribution < -0.4 is 0 Å². The monoisotopic (exact) mass is 196 g/mol. The molecule has 1 unspecified atom stereocenters. The zero-order chi connectivity index (χ0) is 10.7. The van der Waals surface area contributed by atoms with Crippen LogP contribution in [0.1, 0.15) is 27.7 Å². The highest BCUT2D eigenvalue weighted by atomic mass is 19.4. The van der Waals surface area contributed by atoms with Crippen molar-refractivity contribution in [3.63, 3.8) is 0 Å². The maximum atomic E-state index is 12.2. The van der Waals surface area contributed by atoms with E-state index in [9.17, 15) is 13.2 Å². The topological polar surface area (TPSA) is 20.2 Å². The molecule has 0 aliphatic heterocycles. The molecular weight excluding hydrogens is 181 g/mol. The van der Waals surface area contributed by atoms with Crippen LogP contribution in [0.25, 0.3) is 0 Å². The number of aliphatic hydroxyl groups excluding tert-OH is 1. The van der Waals surface area contributed by atoms with Crippen molar-refractivity contribution in [2.45, 2.75) is 40.0 Å². The average Bonchev–Trinajstić information content (AvgIpc) is 2.21. The van der Waals surface area contributed by atoms with Gasteiger partial charge < -0.3 is 5.11 Å². The molecule has 0 heterocycles. The van der Waals surface area contributed by atoms with Crippen LogP contribution >= 0.6 is 0 Å². The van der Waals surface area contributed by atoms with Gasteiger partial charge in [-0.05, 0) is 10.8 Å². The number of alkyl halides is 3. The molecule has 0 aromatic rings. The molecule has 0 aromatic carbocycles. The van der Waals surface area contributed by atoms with E-state index in [0.29, 0.717) is 0 Å². The van der Waals surface area contributed by atoms with E-state index in [1.165, 1.54) is 0 Å². The Balaban J connectivity index is 2.80. The second kappa shape index (κ2) is 2.41. The smallest absolute Gasteiger partial charge is 0.383 e. The number of halogens is 3. The normalized spacial score (nSPS) is 28.6. The third-order valence-electron chi connectivity index (χ3n) is 3.78. The van der Waals surface area contributed by atoms with Crippen LogP contribution in [0.4, 0.5) is 13.2 Å². The summed E-state index contributed by atoms with van der Waals surface area (Å²) in [6.07, 6.45) is -6.67. The van der Waals surface area contributed by atoms with E-state index in [0.717, 1.165) is 0 Å². The zero-order valence-corrected chi connectivity index (χ0v) is 8.24. The van der Waals surface area contributed by atoms with Crippen molar-refractivity contribution >= 4 is 0 Å². The maximum absolute atomic E-state index is 12.2. The number of hydrogen-bond acceptors (Lipinski definition) is 1. The van der Waals surface area contributed by atoms with Crippen molar-refractivity contribution < 1.29 is 18.3 Å². The van der Waals surface area contributed by atoms with E-state index in [-0.39, 0.29) is 0 Å². The molecule has 1 saturated carbocycles. The maximum Gasteiger partial charge on any atom is 0.414 e. The predicted octanol–water partition coefficient (Wildman–Crippen LogP) is 2.59. The summed E-state index contributed by atoms with van der Waals surface area (Å²) < 4.78 is 36.5. The standard InChI is InChI=1S/C9H15F3O/c1-7(2)5(8(7,3)4)6(13)9(10,11)12/h5-6,13H,1-4H3. The van der Waals surface area contributed by atoms with E-state index < -0.39 is 29.0 Å². The molecule has 0 saturated heterocycles. The minimum absolute atomic E-state index is 0.429. The molecular formula is C9H15F3O. The lowest BCUT2D eigenvalue weighted by Crippen LogP contribution is -2.32. The number of aliphatic hydroxyl groups is 1. The lowest BCUT2D eigenvalue weighted by Gasteiger charge is -2.16. The van der Waals surface area contributed by atoms with Gasteiger partial charge in [-0.15, -0.1) is 0 Å². The van der Waals surface area contributed by atoms with Gasteiger partial charge in [0.15, 0.2) is 6.10 Å². The van der Waals surface area contributed by atoms with Crippen LogP contribution in [-0.4, -0.2) is 17.4 Å². The summed E-state index contributed by atoms with van der Waals surface area (Å²) in [4.78, 5) is 0. The van der Waals surface area contributed by atoms with Crippen molar-refractivity contribution in [3.8, 4) is 0 Å². The first-order valence-corrected chi connectivity index (χ1v) is 4.27. The molecule has 13 heavy (non-hydrogen) atoms. The first-order valence-electron chi connectivity index (χ1n) is 4.27. The van der Waals surface area contributed by atoms with Gasteiger partial charge in [0.2, 0.25) is 0 Å². The fourth-order valence-electron chi connectivity index (χ4n) is 2.23. The Hall–Kier alpha value is -0.250. The zero-order valence-electron chi connectivity index (χ0n) is 8.24. The Morgan fingerprint density at radius 2 is 1.38 bits per heavy atom. The van der Waals surface area contributed by atoms with E-state index in [1.807, 2.05) is 0 Å². The van der Waals surface area contributed by atoms with E-state index in [2.05, 4.69) is 0 Å². The molecule has 1 nitrogen and oxygen atoms in total. The third-order valence-corrected chi connectivity index (χ3v) is 3.78. The average molecular weight is 196 g/mol. The Morgan fingerprint density at radius 3 is 1.46 bits per heavy atom. The minimum Gasteiger partial charge on any atom is -0.383 e. The summed E-state index contributed by atoms with van der Waals surface area (Å²) in [5.74, 6) is -0.681. The van der Waals surface area contributed by atoms with E-state index in [1.54, 1.807) is 27.7 Å². The SMILES string of the molecule is CC1(C)C(C(O)C(F)(F)F)C1(C)C. The molecule has 1 rings (SSSR count). The summed E-state index contributed by atoms with van der Waals surface area (Å²) in [6, 6.07) is 0. The van der Waals surface area contributed by atoms with E-state index in [4.69, 9.17) is 5.11 Å². The second-order valence-electron chi connectivity index (χ2n) is 4.91. The molecule has 0 bridgehead atoms. The molecule has 1 N–H and O–H groups in total. The highest BCUT2D eigenvalue weighted by Crippen LogP contribution is 2.70. The van der Waals surface area contributed by atoms with Crippen LogP contribution in [0.5, 0.6) is 0 Å². The summed E-state index contributed by atoms with van der Waals surface area (Å²) in [5, 5.41) is 9.07. The van der Waals surface area contributed by atoms with Gasteiger partial charge in [-0.3, -0.25) is 0 Å². The molecule has 0 aromatic heterocycles. The number of rotatable bonds is 1. The van der Waals surface area contributed by atoms with Crippen LogP contribution in [0, 0.1) is 16.7 Å². The summed E-state index contributed by atoms with van der Waals surface area (Å²) in [5.41, 5.74) is -0.857. The molecule has 0 spiro atoms. The van der Waals surface area contributed by atoms with Gasteiger partial charge in [0.25, 0.3) is 0 Å². The fourth-order valence-corrected chi connectivity index (χ4v) is 2.23. The summed E-state index contributed by atoms with van der Waals surface area (Å²) in [6.45, 7) is 7.03. The van der Waals surface area contributed by atoms with Crippen LogP contribution in [0.3, 0.4) is 0 Å². The van der Waals surface area contributed by atoms with Crippen LogP contribution in [-0.2, 0) is 0 Å². The van der Waals surface area contributed by atoms with Crippen LogP contribution in [0.15, 0.2) is 0 Å². The van der Waals surface area contributed by atoms with Crippen molar-refractivity contribution in [2.24, 2.45) is 16.7 Å². The van der Waals surface area contributed by atoms with Gasteiger partial charge in [0, 0.05) is 5.92 Å². The van der Waals surface area contributed by atoms with Crippen molar-refractivity contribution in [1.82, 2.24) is 0 Å². The number of hydrogen-bond donors (Lipinski definition) is 1. The first kappa shape index (κ1) is 10.8. The van der Waals surface area contributed by atoms with Crippen molar-refractivity contribution in [3.05, 3.63) is 0 Å². The quantitative estimate of drug-likeness (QED) is 0.683. The van der Waals surface area contributed by atoms with E-state index >= 15 is 0 Å². The van der Waals surface area contributed by atoms with Gasteiger partial charge in [0.05, 0.1) is 0 Å². The third kappa shape index (κ3) is 1.35. The van der Waals surface area contributed by atoms with Gasteiger partial charge >= 0.3 is 6.18 Å². The predicted molar refractivity (Wildman–Crippen MR) is 43.1 cm³/mol. The van der Waals surface area contributed by atoms with Gasteiger partial charge in [0.1, 0.15) is 0 Å². The van der Waals surface area contributed by atoms with Crippen molar-refractivity contribution in [2.75, 3.05) is 0 Å². The second-order valence-corrected chi connectivity index (χ2v) is 4.91. The van der Waals surface area contributed by atoms with Gasteiger partial charge in [-0.2, -0.15) is 13.2 Å². The summed E-state index contributed by atoms with van der Waals surface area (Å²) in [7, 11) is 0. The van der Waals surface area contributed by atoms with Crippen LogP contribution in [0.2, 0.25) is 0 Å². The molecule has 1 aliphatic carbocycles. The first-order chi connectivity index (χ1) is 5.53. The fraction of sp³-hybridized carbons (Fsp3) is 1.00. The molecule has 78 valence electrons. The molecule has 0 amide bonds. The molecule has 0 radical (unpaired) electrons. The largest absolute Gasteiger partial charge is 0.414 e. The van der Waals surface area contributed by atoms with Gasteiger partial charge in [-0.1, -0.05) is 27.7 Å². The Morgan fingerprint density at radius 1 is 1.08 bits per heavy atom. The highest BCUT2D eigenvalue weighted by Gasteiger charge is 2.71. The molecule has 4 heteroatoms. The molecule has 1 atom stereocenters. The lowest BCUT2D eigenvalue weighted by atomic mass is 10.0. The Kier molecular flexibility index (Phi) is 2.01. The summed E-state index contributed by atoms with van der Waals surface area (Å²) >= 11 is 0. The minimum atomic E-state index is -4.49. The lowest BCUT2D eigenvalue weighted by molar-refractivity contribution is -0.214. The Bertz CT molecular complexity index is 203. The Labute approximate surface area is 75.9 Å². The van der Waals surface area contributed by atoms with Gasteiger partial charge in [-0.25, -0.2) is 0 Å². The molecule has 1 aliphatic rings. The highest BCUT2D eigenvalue weighted by molar-refractivity contribution is 5.15. The molecule has 1 fully saturated rings. The van der Waals surface area contributed by atoms with Crippen molar-refractivity contribution in [1.29, 1.82) is 0 Å².